The number of nitrogens with one attached hydrogen (secondary N) is 1. The molecule has 0 bridgehead atoms. The second-order valence-electron chi connectivity index (χ2n) is 6.01. The number of rotatable bonds is 4. The van der Waals surface area contributed by atoms with E-state index in [2.05, 4.69) is 41.2 Å². The van der Waals surface area contributed by atoms with E-state index in [1.54, 1.807) is 0 Å². The van der Waals surface area contributed by atoms with E-state index in [9.17, 15) is 0 Å². The molecule has 2 atom stereocenters. The van der Waals surface area contributed by atoms with Gasteiger partial charge in [-0.25, -0.2) is 0 Å². The highest BCUT2D eigenvalue weighted by molar-refractivity contribution is 5.86. The minimum absolute atomic E-state index is 0.0856. The van der Waals surface area contributed by atoms with Crippen molar-refractivity contribution in [1.82, 2.24) is 9.88 Å². The van der Waals surface area contributed by atoms with Gasteiger partial charge in [-0.3, -0.25) is 4.90 Å². The van der Waals surface area contributed by atoms with Crippen molar-refractivity contribution in [3.63, 3.8) is 0 Å². The fraction of sp³-hybridized carbons (Fsp3) is 0.529. The second-order valence-corrected chi connectivity index (χ2v) is 6.01. The number of fused-ring (bicyclic) bond motifs is 1. The largest absolute Gasteiger partial charge is 0.374 e. The predicted molar refractivity (Wildman–Crippen MR) is 86.3 cm³/mol. The van der Waals surface area contributed by atoms with Gasteiger partial charge in [-0.2, -0.15) is 0 Å². The molecule has 4 nitrogen and oxygen atoms in total. The van der Waals surface area contributed by atoms with Gasteiger partial charge in [-0.1, -0.05) is 25.1 Å². The van der Waals surface area contributed by atoms with Crippen LogP contribution >= 0.6 is 0 Å². The van der Waals surface area contributed by atoms with Gasteiger partial charge in [0.25, 0.3) is 0 Å². The van der Waals surface area contributed by atoms with Gasteiger partial charge in [0.1, 0.15) is 0 Å². The molecule has 2 aromatic rings. The number of hydrogen-bond donors (Lipinski definition) is 2. The molecule has 2 heterocycles. The number of morpholine rings is 1. The maximum atomic E-state index is 5.97. The molecule has 0 radical (unpaired) electrons. The molecule has 0 saturated carbocycles. The number of aromatic amines is 1. The second kappa shape index (κ2) is 6.18. The van der Waals surface area contributed by atoms with E-state index < -0.39 is 0 Å². The van der Waals surface area contributed by atoms with Gasteiger partial charge in [0.15, 0.2) is 0 Å². The number of hydrogen-bond acceptors (Lipinski definition) is 3. The summed E-state index contributed by atoms with van der Waals surface area (Å²) in [6.45, 7) is 7.84. The first-order chi connectivity index (χ1) is 10.2. The van der Waals surface area contributed by atoms with Crippen LogP contribution in [0, 0.1) is 0 Å². The highest BCUT2D eigenvalue weighted by atomic mass is 16.5. The van der Waals surface area contributed by atoms with E-state index in [4.69, 9.17) is 10.5 Å². The van der Waals surface area contributed by atoms with Gasteiger partial charge < -0.3 is 15.5 Å². The Labute approximate surface area is 126 Å². The number of nitrogens with two attached hydrogens (primary N) is 1. The molecule has 1 fully saturated rings. The summed E-state index contributed by atoms with van der Waals surface area (Å²) in [6, 6.07) is 6.65. The third-order valence-electron chi connectivity index (χ3n) is 4.43. The molecule has 4 heteroatoms. The minimum Gasteiger partial charge on any atom is -0.374 e. The van der Waals surface area contributed by atoms with Crippen LogP contribution in [0.15, 0.2) is 24.4 Å². The fourth-order valence-electron chi connectivity index (χ4n) is 3.13. The van der Waals surface area contributed by atoms with Gasteiger partial charge in [0.2, 0.25) is 0 Å². The first-order valence-electron chi connectivity index (χ1n) is 7.86. The normalized spacial score (nSPS) is 21.8. The summed E-state index contributed by atoms with van der Waals surface area (Å²) in [7, 11) is 0. The van der Waals surface area contributed by atoms with E-state index in [1.807, 2.05) is 6.92 Å². The number of nitrogens with zero attached hydrogens (tertiary/aromatic N) is 1. The Bertz CT molecular complexity index is 605. The van der Waals surface area contributed by atoms with E-state index in [-0.39, 0.29) is 12.1 Å². The molecule has 114 valence electrons. The fourth-order valence-corrected chi connectivity index (χ4v) is 3.13. The van der Waals surface area contributed by atoms with Crippen molar-refractivity contribution < 1.29 is 4.74 Å². The summed E-state index contributed by atoms with van der Waals surface area (Å²) >= 11 is 0. The van der Waals surface area contributed by atoms with Crippen LogP contribution in [-0.2, 0) is 17.7 Å². The summed E-state index contributed by atoms with van der Waals surface area (Å²) in [5, 5.41) is 1.35. The summed E-state index contributed by atoms with van der Waals surface area (Å²) in [6.07, 6.45) is 3.36. The number of aryl methyl sites for hydroxylation is 1. The van der Waals surface area contributed by atoms with E-state index >= 15 is 0 Å². The van der Waals surface area contributed by atoms with Crippen molar-refractivity contribution in [3.05, 3.63) is 35.5 Å². The SMILES string of the molecule is CCc1cccc2c(CN3CCOC(C(C)N)C3)c[nH]c12. The molecule has 21 heavy (non-hydrogen) atoms. The molecule has 2 unspecified atom stereocenters. The number of H-pyrrole nitrogens is 1. The smallest absolute Gasteiger partial charge is 0.0850 e. The molecule has 3 N–H and O–H groups in total. The Morgan fingerprint density at radius 3 is 3.05 bits per heavy atom. The molecule has 0 spiro atoms. The summed E-state index contributed by atoms with van der Waals surface area (Å²) in [5.74, 6) is 0. The zero-order valence-electron chi connectivity index (χ0n) is 12.9. The van der Waals surface area contributed by atoms with Gasteiger partial charge in [-0.05, 0) is 24.5 Å². The standard InChI is InChI=1S/C17H25N3O/c1-3-13-5-4-6-15-14(9-19-17(13)15)10-20-7-8-21-16(11-20)12(2)18/h4-6,9,12,16,19H,3,7-8,10-11,18H2,1-2H3. The van der Waals surface area contributed by atoms with E-state index in [0.717, 1.165) is 32.7 Å². The molecule has 1 aliphatic heterocycles. The lowest BCUT2D eigenvalue weighted by Crippen LogP contribution is -2.49. The lowest BCUT2D eigenvalue weighted by molar-refractivity contribution is -0.0402. The van der Waals surface area contributed by atoms with Crippen molar-refractivity contribution in [3.8, 4) is 0 Å². The van der Waals surface area contributed by atoms with Crippen LogP contribution in [0.3, 0.4) is 0 Å². The van der Waals surface area contributed by atoms with Crippen molar-refractivity contribution in [2.75, 3.05) is 19.7 Å². The van der Waals surface area contributed by atoms with Crippen LogP contribution in [0.4, 0.5) is 0 Å². The van der Waals surface area contributed by atoms with Crippen LogP contribution in [-0.4, -0.2) is 41.7 Å². The highest BCUT2D eigenvalue weighted by Gasteiger charge is 2.23. The molecule has 1 aromatic heterocycles. The van der Waals surface area contributed by atoms with Crippen molar-refractivity contribution in [2.45, 2.75) is 39.0 Å². The van der Waals surface area contributed by atoms with Crippen molar-refractivity contribution in [1.29, 1.82) is 0 Å². The van der Waals surface area contributed by atoms with Gasteiger partial charge in [0.05, 0.1) is 12.7 Å². The minimum atomic E-state index is 0.0856. The maximum Gasteiger partial charge on any atom is 0.0850 e. The van der Waals surface area contributed by atoms with Crippen LogP contribution in [0.25, 0.3) is 10.9 Å². The topological polar surface area (TPSA) is 54.3 Å². The first kappa shape index (κ1) is 14.6. The number of ether oxygens (including phenoxy) is 1. The molecule has 3 rings (SSSR count). The Morgan fingerprint density at radius 2 is 2.29 bits per heavy atom. The Balaban J connectivity index is 1.79. The molecule has 0 amide bonds. The highest BCUT2D eigenvalue weighted by Crippen LogP contribution is 2.24. The molecule has 1 saturated heterocycles. The number of para-hydroxylation sites is 1. The summed E-state index contributed by atoms with van der Waals surface area (Å²) in [4.78, 5) is 5.89. The summed E-state index contributed by atoms with van der Waals surface area (Å²) in [5.41, 5.74) is 10.0. The molecular weight excluding hydrogens is 262 g/mol. The molecule has 1 aromatic carbocycles. The van der Waals surface area contributed by atoms with Gasteiger partial charge in [-0.15, -0.1) is 0 Å². The Hall–Kier alpha value is -1.36. The average Bonchev–Trinajstić information content (AvgIpc) is 2.90. The zero-order valence-corrected chi connectivity index (χ0v) is 12.9. The van der Waals surface area contributed by atoms with Gasteiger partial charge >= 0.3 is 0 Å². The van der Waals surface area contributed by atoms with Crippen molar-refractivity contribution in [2.24, 2.45) is 5.73 Å². The molecule has 1 aliphatic rings. The molecular formula is C17H25N3O. The van der Waals surface area contributed by atoms with Gasteiger partial charge in [0, 0.05) is 42.8 Å². The molecule has 0 aliphatic carbocycles. The third kappa shape index (κ3) is 2.98. The quantitative estimate of drug-likeness (QED) is 0.907. The van der Waals surface area contributed by atoms with Crippen LogP contribution in [0.5, 0.6) is 0 Å². The lowest BCUT2D eigenvalue weighted by Gasteiger charge is -2.34. The van der Waals surface area contributed by atoms with E-state index in [1.165, 1.54) is 22.0 Å². The van der Waals surface area contributed by atoms with Crippen LogP contribution in [0.1, 0.15) is 25.0 Å². The maximum absolute atomic E-state index is 5.97. The Kier molecular flexibility index (Phi) is 4.29. The van der Waals surface area contributed by atoms with Crippen molar-refractivity contribution >= 4 is 10.9 Å². The third-order valence-corrected chi connectivity index (χ3v) is 4.43. The Morgan fingerprint density at radius 1 is 1.43 bits per heavy atom. The average molecular weight is 287 g/mol. The lowest BCUT2D eigenvalue weighted by atomic mass is 10.1. The first-order valence-corrected chi connectivity index (χ1v) is 7.86. The van der Waals surface area contributed by atoms with E-state index in [0.29, 0.717) is 0 Å². The summed E-state index contributed by atoms with van der Waals surface area (Å²) < 4.78 is 5.74. The predicted octanol–water partition coefficient (Wildman–Crippen LogP) is 2.28. The number of benzene rings is 1. The number of aromatic nitrogens is 1. The monoisotopic (exact) mass is 287 g/mol. The zero-order chi connectivity index (χ0) is 14.8. The van der Waals surface area contributed by atoms with Crippen LogP contribution < -0.4 is 5.73 Å². The van der Waals surface area contributed by atoms with Crippen LogP contribution in [0.2, 0.25) is 0 Å².